The number of halogens is 1. The van der Waals surface area contributed by atoms with E-state index in [1.807, 2.05) is 6.07 Å². The minimum absolute atomic E-state index is 0.103. The highest BCUT2D eigenvalue weighted by Gasteiger charge is 2.34. The number of hydrogen-bond donors (Lipinski definition) is 1. The minimum Gasteiger partial charge on any atom is -0.491 e. The molecule has 17 heavy (non-hydrogen) atoms. The van der Waals surface area contributed by atoms with Crippen molar-refractivity contribution in [3.8, 4) is 5.75 Å². The highest BCUT2D eigenvalue weighted by Crippen LogP contribution is 2.31. The zero-order valence-corrected chi connectivity index (χ0v) is 10.8. The van der Waals surface area contributed by atoms with Gasteiger partial charge in [0.1, 0.15) is 5.75 Å². The van der Waals surface area contributed by atoms with Gasteiger partial charge in [-0.05, 0) is 24.6 Å². The van der Waals surface area contributed by atoms with Gasteiger partial charge in [-0.2, -0.15) is 0 Å². The normalized spacial score (nSPS) is 19.5. The van der Waals surface area contributed by atoms with Gasteiger partial charge in [0, 0.05) is 5.41 Å². The molecule has 1 aromatic carbocycles. The van der Waals surface area contributed by atoms with E-state index in [0.717, 1.165) is 18.8 Å². The van der Waals surface area contributed by atoms with Crippen LogP contribution in [0.5, 0.6) is 5.75 Å². The van der Waals surface area contributed by atoms with Crippen molar-refractivity contribution in [3.63, 3.8) is 0 Å². The van der Waals surface area contributed by atoms with Crippen molar-refractivity contribution >= 4 is 11.6 Å². The number of hydrogen-bond acceptors (Lipinski definition) is 3. The third-order valence-electron chi connectivity index (χ3n) is 2.92. The molecule has 0 spiro atoms. The van der Waals surface area contributed by atoms with Crippen LogP contribution in [0.25, 0.3) is 0 Å². The Morgan fingerprint density at radius 1 is 1.53 bits per heavy atom. The standard InChI is InChI=1S/C13H17ClO3/c1-9(15)10-3-4-12(11(14)5-10)17-8-13(2)6-16-7-13/h3-5,9,15H,6-8H2,1-2H3. The Labute approximate surface area is 106 Å². The van der Waals surface area contributed by atoms with Gasteiger partial charge >= 0.3 is 0 Å². The van der Waals surface area contributed by atoms with Crippen LogP contribution in [-0.2, 0) is 4.74 Å². The Balaban J connectivity index is 2.01. The van der Waals surface area contributed by atoms with Gasteiger partial charge in [0.15, 0.2) is 0 Å². The Hall–Kier alpha value is -0.770. The zero-order chi connectivity index (χ0) is 12.5. The van der Waals surface area contributed by atoms with Gasteiger partial charge < -0.3 is 14.6 Å². The zero-order valence-electron chi connectivity index (χ0n) is 10.1. The lowest BCUT2D eigenvalue weighted by atomic mass is 9.90. The van der Waals surface area contributed by atoms with Crippen molar-refractivity contribution in [1.82, 2.24) is 0 Å². The summed E-state index contributed by atoms with van der Waals surface area (Å²) in [5.74, 6) is 0.657. The highest BCUT2D eigenvalue weighted by atomic mass is 35.5. The maximum absolute atomic E-state index is 9.43. The lowest BCUT2D eigenvalue weighted by Crippen LogP contribution is -2.44. The maximum Gasteiger partial charge on any atom is 0.137 e. The van der Waals surface area contributed by atoms with E-state index in [0.29, 0.717) is 17.4 Å². The molecule has 0 aliphatic carbocycles. The maximum atomic E-state index is 9.43. The van der Waals surface area contributed by atoms with Crippen LogP contribution in [0.3, 0.4) is 0 Å². The molecule has 0 amide bonds. The van der Waals surface area contributed by atoms with Crippen LogP contribution < -0.4 is 4.74 Å². The van der Waals surface area contributed by atoms with Gasteiger partial charge in [-0.25, -0.2) is 0 Å². The fraction of sp³-hybridized carbons (Fsp3) is 0.538. The largest absolute Gasteiger partial charge is 0.491 e. The molecule has 3 nitrogen and oxygen atoms in total. The van der Waals surface area contributed by atoms with E-state index >= 15 is 0 Å². The molecule has 4 heteroatoms. The Kier molecular flexibility index (Phi) is 3.61. The van der Waals surface area contributed by atoms with E-state index in [1.54, 1.807) is 19.1 Å². The first kappa shape index (κ1) is 12.7. The smallest absolute Gasteiger partial charge is 0.137 e. The summed E-state index contributed by atoms with van der Waals surface area (Å²) in [6.45, 7) is 5.89. The van der Waals surface area contributed by atoms with E-state index in [9.17, 15) is 5.11 Å². The summed E-state index contributed by atoms with van der Waals surface area (Å²) in [6.07, 6.45) is -0.515. The van der Waals surface area contributed by atoms with E-state index in [-0.39, 0.29) is 5.41 Å². The summed E-state index contributed by atoms with van der Waals surface area (Å²) < 4.78 is 10.8. The van der Waals surface area contributed by atoms with E-state index in [1.165, 1.54) is 0 Å². The fourth-order valence-electron chi connectivity index (χ4n) is 1.68. The van der Waals surface area contributed by atoms with E-state index in [4.69, 9.17) is 21.1 Å². The van der Waals surface area contributed by atoms with E-state index < -0.39 is 6.10 Å². The lowest BCUT2D eigenvalue weighted by molar-refractivity contribution is -0.120. The summed E-state index contributed by atoms with van der Waals surface area (Å²) in [5, 5.41) is 9.96. The fourth-order valence-corrected chi connectivity index (χ4v) is 1.92. The molecule has 1 fully saturated rings. The predicted molar refractivity (Wildman–Crippen MR) is 66.5 cm³/mol. The van der Waals surface area contributed by atoms with Gasteiger partial charge in [0.05, 0.1) is 30.9 Å². The molecule has 1 aliphatic heterocycles. The van der Waals surface area contributed by atoms with Crippen LogP contribution in [0, 0.1) is 5.41 Å². The third-order valence-corrected chi connectivity index (χ3v) is 3.21. The van der Waals surface area contributed by atoms with Crippen LogP contribution >= 0.6 is 11.6 Å². The van der Waals surface area contributed by atoms with Crippen LogP contribution in [0.1, 0.15) is 25.5 Å². The monoisotopic (exact) mass is 256 g/mol. The number of ether oxygens (including phenoxy) is 2. The molecule has 0 bridgehead atoms. The average molecular weight is 257 g/mol. The highest BCUT2D eigenvalue weighted by molar-refractivity contribution is 6.32. The number of aliphatic hydroxyl groups is 1. The number of benzene rings is 1. The molecule has 0 aromatic heterocycles. The van der Waals surface area contributed by atoms with Crippen molar-refractivity contribution in [2.75, 3.05) is 19.8 Å². The number of aliphatic hydroxyl groups excluding tert-OH is 1. The van der Waals surface area contributed by atoms with Gasteiger partial charge in [-0.3, -0.25) is 0 Å². The Bertz CT molecular complexity index is 400. The van der Waals surface area contributed by atoms with Gasteiger partial charge in [0.25, 0.3) is 0 Å². The molecule has 2 rings (SSSR count). The predicted octanol–water partition coefficient (Wildman–Crippen LogP) is 2.81. The molecule has 1 saturated heterocycles. The van der Waals surface area contributed by atoms with Crippen LogP contribution in [0.2, 0.25) is 5.02 Å². The first-order chi connectivity index (χ1) is 8.00. The quantitative estimate of drug-likeness (QED) is 0.900. The topological polar surface area (TPSA) is 38.7 Å². The first-order valence-electron chi connectivity index (χ1n) is 5.68. The molecule has 1 unspecified atom stereocenters. The molecule has 1 aliphatic rings. The second kappa shape index (κ2) is 4.84. The van der Waals surface area contributed by atoms with Crippen LogP contribution in [0.15, 0.2) is 18.2 Å². The lowest BCUT2D eigenvalue weighted by Gasteiger charge is -2.37. The Morgan fingerprint density at radius 3 is 2.71 bits per heavy atom. The summed E-state index contributed by atoms with van der Waals surface area (Å²) in [7, 11) is 0. The third kappa shape index (κ3) is 2.92. The molecule has 94 valence electrons. The molecule has 1 heterocycles. The van der Waals surface area contributed by atoms with Crippen molar-refractivity contribution < 1.29 is 14.6 Å². The SMILES string of the molecule is CC(O)c1ccc(OCC2(C)COC2)c(Cl)c1. The molecule has 1 aromatic rings. The molecule has 1 N–H and O–H groups in total. The second-order valence-corrected chi connectivity index (χ2v) is 5.37. The molecule has 1 atom stereocenters. The van der Waals surface area contributed by atoms with Gasteiger partial charge in [0.2, 0.25) is 0 Å². The summed E-state index contributed by atoms with van der Waals surface area (Å²) in [6, 6.07) is 5.36. The molecule has 0 saturated carbocycles. The van der Waals surface area contributed by atoms with Crippen LogP contribution in [-0.4, -0.2) is 24.9 Å². The first-order valence-corrected chi connectivity index (χ1v) is 6.06. The van der Waals surface area contributed by atoms with Crippen molar-refractivity contribution in [2.24, 2.45) is 5.41 Å². The van der Waals surface area contributed by atoms with Crippen LogP contribution in [0.4, 0.5) is 0 Å². The Morgan fingerprint density at radius 2 is 2.24 bits per heavy atom. The average Bonchev–Trinajstić information content (AvgIpc) is 2.24. The summed E-state index contributed by atoms with van der Waals surface area (Å²) in [4.78, 5) is 0. The second-order valence-electron chi connectivity index (χ2n) is 4.96. The van der Waals surface area contributed by atoms with Crippen molar-refractivity contribution in [2.45, 2.75) is 20.0 Å². The van der Waals surface area contributed by atoms with Crippen molar-refractivity contribution in [1.29, 1.82) is 0 Å². The summed E-state index contributed by atoms with van der Waals surface area (Å²) >= 11 is 6.10. The minimum atomic E-state index is -0.515. The molecular formula is C13H17ClO3. The summed E-state index contributed by atoms with van der Waals surface area (Å²) in [5.41, 5.74) is 0.896. The van der Waals surface area contributed by atoms with Gasteiger partial charge in [-0.1, -0.05) is 24.6 Å². The molecular weight excluding hydrogens is 240 g/mol. The number of rotatable bonds is 4. The van der Waals surface area contributed by atoms with E-state index in [2.05, 4.69) is 6.92 Å². The molecule has 0 radical (unpaired) electrons. The van der Waals surface area contributed by atoms with Gasteiger partial charge in [-0.15, -0.1) is 0 Å². The van der Waals surface area contributed by atoms with Crippen molar-refractivity contribution in [3.05, 3.63) is 28.8 Å².